The molecule has 0 amide bonds. The van der Waals surface area contributed by atoms with Gasteiger partial charge in [-0.05, 0) is 13.0 Å². The molecular formula is C14H22NY. The zero-order valence-electron chi connectivity index (χ0n) is 10.4. The minimum Gasteiger partial charge on any atom is -0.363 e. The SMILES string of the molecule is [CH2-]CN(C[CH2-])CCC.[CH2-]c1ccccc1.[Y+3]. The van der Waals surface area contributed by atoms with Crippen molar-refractivity contribution in [1.29, 1.82) is 0 Å². The van der Waals surface area contributed by atoms with E-state index < -0.39 is 0 Å². The third-order valence-corrected chi connectivity index (χ3v) is 2.02. The van der Waals surface area contributed by atoms with Crippen molar-refractivity contribution < 1.29 is 32.7 Å². The molecule has 1 rings (SSSR count). The van der Waals surface area contributed by atoms with Crippen molar-refractivity contribution in [1.82, 2.24) is 4.90 Å². The molecule has 0 aromatic heterocycles. The van der Waals surface area contributed by atoms with Crippen molar-refractivity contribution in [2.45, 2.75) is 13.3 Å². The van der Waals surface area contributed by atoms with Crippen molar-refractivity contribution in [2.24, 2.45) is 0 Å². The van der Waals surface area contributed by atoms with Gasteiger partial charge >= 0.3 is 32.7 Å². The molecule has 2 heteroatoms. The van der Waals surface area contributed by atoms with Gasteiger partial charge in [0.1, 0.15) is 0 Å². The Balaban J connectivity index is 0. The summed E-state index contributed by atoms with van der Waals surface area (Å²) in [5.74, 6) is 0. The first-order chi connectivity index (χ1) is 7.24. The Morgan fingerprint density at radius 2 is 1.56 bits per heavy atom. The topological polar surface area (TPSA) is 3.24 Å². The van der Waals surface area contributed by atoms with Crippen LogP contribution in [0.5, 0.6) is 0 Å². The summed E-state index contributed by atoms with van der Waals surface area (Å²) < 4.78 is 0. The summed E-state index contributed by atoms with van der Waals surface area (Å²) in [6, 6.07) is 9.87. The first-order valence-corrected chi connectivity index (χ1v) is 5.42. The minimum atomic E-state index is 0. The molecule has 0 aliphatic carbocycles. The predicted octanol–water partition coefficient (Wildman–Crippen LogP) is 3.23. The van der Waals surface area contributed by atoms with Crippen molar-refractivity contribution in [3.05, 3.63) is 56.7 Å². The Kier molecular flexibility index (Phi) is 15.3. The molecule has 0 unspecified atom stereocenters. The molecule has 0 aliphatic rings. The van der Waals surface area contributed by atoms with Gasteiger partial charge in [0.15, 0.2) is 0 Å². The molecule has 0 bridgehead atoms. The maximum Gasteiger partial charge on any atom is 3.00 e. The molecule has 0 spiro atoms. The van der Waals surface area contributed by atoms with E-state index in [1.807, 2.05) is 30.3 Å². The van der Waals surface area contributed by atoms with Crippen molar-refractivity contribution in [3.63, 3.8) is 0 Å². The third-order valence-electron chi connectivity index (χ3n) is 2.02. The van der Waals surface area contributed by atoms with Crippen LogP contribution in [0.2, 0.25) is 0 Å². The number of nitrogens with zero attached hydrogens (tertiary/aromatic N) is 1. The number of hydrogen-bond donors (Lipinski definition) is 0. The van der Waals surface area contributed by atoms with Crippen molar-refractivity contribution in [2.75, 3.05) is 19.6 Å². The Bertz CT molecular complexity index is 219. The van der Waals surface area contributed by atoms with Crippen LogP contribution in [0.3, 0.4) is 0 Å². The molecule has 16 heavy (non-hydrogen) atoms. The van der Waals surface area contributed by atoms with Crippen LogP contribution < -0.4 is 0 Å². The summed E-state index contributed by atoms with van der Waals surface area (Å²) in [7, 11) is 0. The standard InChI is InChI=1S/C7H15N.C7H7.Y/c1-4-7-8(5-2)6-3;1-7-5-3-2-4-6-7;/h2-7H2,1H3;2-6H,1H2;/q-2;-1;+3. The van der Waals surface area contributed by atoms with E-state index in [0.29, 0.717) is 0 Å². The summed E-state index contributed by atoms with van der Waals surface area (Å²) >= 11 is 0. The summed E-state index contributed by atoms with van der Waals surface area (Å²) in [6.07, 6.45) is 1.20. The average molecular weight is 293 g/mol. The Hall–Kier alpha value is 0.154. The first-order valence-electron chi connectivity index (χ1n) is 5.42. The van der Waals surface area contributed by atoms with Gasteiger partial charge in [-0.1, -0.05) is 13.0 Å². The minimum absolute atomic E-state index is 0. The number of rotatable bonds is 4. The maximum absolute atomic E-state index is 3.76. The fraction of sp³-hybridized carbons (Fsp3) is 0.357. The molecule has 0 atom stereocenters. The van der Waals surface area contributed by atoms with Crippen LogP contribution in [0.15, 0.2) is 30.3 Å². The molecule has 0 radical (unpaired) electrons. The number of hydrogen-bond acceptors (Lipinski definition) is 1. The maximum atomic E-state index is 3.76. The van der Waals surface area contributed by atoms with E-state index in [1.165, 1.54) is 6.42 Å². The van der Waals surface area contributed by atoms with E-state index in [1.54, 1.807) is 0 Å². The van der Waals surface area contributed by atoms with Crippen molar-refractivity contribution >= 4 is 0 Å². The molecule has 1 aromatic carbocycles. The predicted molar refractivity (Wildman–Crippen MR) is 68.3 cm³/mol. The van der Waals surface area contributed by atoms with Gasteiger partial charge in [0.25, 0.3) is 0 Å². The molecule has 0 saturated carbocycles. The summed E-state index contributed by atoms with van der Waals surface area (Å²) in [5, 5.41) is 0. The van der Waals surface area contributed by atoms with Gasteiger partial charge in [0.2, 0.25) is 0 Å². The van der Waals surface area contributed by atoms with Gasteiger partial charge < -0.3 is 18.7 Å². The largest absolute Gasteiger partial charge is 3.00 e. The van der Waals surface area contributed by atoms with Crippen molar-refractivity contribution in [3.8, 4) is 0 Å². The molecule has 0 aliphatic heterocycles. The smallest absolute Gasteiger partial charge is 0.363 e. The summed E-state index contributed by atoms with van der Waals surface area (Å²) in [4.78, 5) is 2.21. The van der Waals surface area contributed by atoms with Crippen LogP contribution >= 0.6 is 0 Å². The number of benzene rings is 1. The second kappa shape index (κ2) is 13.2. The summed E-state index contributed by atoms with van der Waals surface area (Å²) in [6.45, 7) is 16.3. The Morgan fingerprint density at radius 1 is 1.06 bits per heavy atom. The molecule has 0 heterocycles. The van der Waals surface area contributed by atoms with E-state index in [4.69, 9.17) is 0 Å². The molecule has 0 saturated heterocycles. The normalized spacial score (nSPS) is 9.00. The zero-order chi connectivity index (χ0) is 11.5. The van der Waals surface area contributed by atoms with Crippen LogP contribution in [-0.4, -0.2) is 24.5 Å². The fourth-order valence-electron chi connectivity index (χ4n) is 1.13. The Labute approximate surface area is 127 Å². The van der Waals surface area contributed by atoms with Gasteiger partial charge in [-0.3, -0.25) is 0 Å². The molecule has 0 N–H and O–H groups in total. The van der Waals surface area contributed by atoms with E-state index in [2.05, 4.69) is 32.6 Å². The second-order valence-electron chi connectivity index (χ2n) is 3.33. The van der Waals surface area contributed by atoms with E-state index >= 15 is 0 Å². The van der Waals surface area contributed by atoms with Gasteiger partial charge in [-0.15, -0.1) is 25.2 Å². The van der Waals surface area contributed by atoms with E-state index in [9.17, 15) is 0 Å². The van der Waals surface area contributed by atoms with Gasteiger partial charge in [-0.2, -0.15) is 24.6 Å². The first kappa shape index (κ1) is 18.5. The van der Waals surface area contributed by atoms with Crippen LogP contribution in [-0.2, 0) is 32.7 Å². The zero-order valence-corrected chi connectivity index (χ0v) is 13.2. The molecule has 1 nitrogen and oxygen atoms in total. The van der Waals surface area contributed by atoms with Gasteiger partial charge in [0.05, 0.1) is 0 Å². The molecule has 1 aromatic rings. The molecule has 86 valence electrons. The molecule has 0 fully saturated rings. The van der Waals surface area contributed by atoms with Gasteiger partial charge in [0, 0.05) is 0 Å². The Morgan fingerprint density at radius 3 is 1.75 bits per heavy atom. The average Bonchev–Trinajstić information content (AvgIpc) is 2.28. The van der Waals surface area contributed by atoms with Crippen LogP contribution in [0.1, 0.15) is 18.9 Å². The van der Waals surface area contributed by atoms with Crippen LogP contribution in [0.4, 0.5) is 0 Å². The quantitative estimate of drug-likeness (QED) is 0.770. The fourth-order valence-corrected chi connectivity index (χ4v) is 1.13. The molecular weight excluding hydrogens is 271 g/mol. The summed E-state index contributed by atoms with van der Waals surface area (Å²) in [5.41, 5.74) is 1.07. The third kappa shape index (κ3) is 10.7. The van der Waals surface area contributed by atoms with Gasteiger partial charge in [-0.25, -0.2) is 0 Å². The monoisotopic (exact) mass is 293 g/mol. The van der Waals surface area contributed by atoms with E-state index in [-0.39, 0.29) is 32.7 Å². The van der Waals surface area contributed by atoms with Crippen LogP contribution in [0, 0.1) is 20.8 Å². The second-order valence-corrected chi connectivity index (χ2v) is 3.33. The van der Waals surface area contributed by atoms with E-state index in [0.717, 1.165) is 25.2 Å². The van der Waals surface area contributed by atoms with Crippen LogP contribution in [0.25, 0.3) is 0 Å².